The molecule has 0 unspecified atom stereocenters. The summed E-state index contributed by atoms with van der Waals surface area (Å²) in [5.41, 5.74) is 1.33. The lowest BCUT2D eigenvalue weighted by Gasteiger charge is -2.43. The van der Waals surface area contributed by atoms with Crippen LogP contribution in [0.15, 0.2) is 30.3 Å². The van der Waals surface area contributed by atoms with Gasteiger partial charge < -0.3 is 10.0 Å². The van der Waals surface area contributed by atoms with Gasteiger partial charge in [-0.1, -0.05) is 43.7 Å². The summed E-state index contributed by atoms with van der Waals surface area (Å²) in [4.78, 5) is 4.94. The molecule has 1 aliphatic heterocycles. The Morgan fingerprint density at radius 3 is 2.65 bits per heavy atom. The van der Waals surface area contributed by atoms with Crippen molar-refractivity contribution in [1.29, 1.82) is 0 Å². The normalized spacial score (nSPS) is 22.9. The SMILES string of the molecule is CCCCN1CCN(Cc2ccccc2)[C@@H]([C@@H](C)O)C1. The maximum absolute atomic E-state index is 10.1. The van der Waals surface area contributed by atoms with Crippen LogP contribution in [0, 0.1) is 0 Å². The molecule has 3 heteroatoms. The second kappa shape index (κ2) is 7.77. The van der Waals surface area contributed by atoms with Crippen LogP contribution in [0.25, 0.3) is 0 Å². The lowest BCUT2D eigenvalue weighted by molar-refractivity contribution is -0.00333. The van der Waals surface area contributed by atoms with Gasteiger partial charge in [0.2, 0.25) is 0 Å². The molecule has 1 N–H and O–H groups in total. The largest absolute Gasteiger partial charge is 0.392 e. The molecule has 0 bridgehead atoms. The van der Waals surface area contributed by atoms with Crippen molar-refractivity contribution in [3.63, 3.8) is 0 Å². The Balaban J connectivity index is 1.95. The molecular weight excluding hydrogens is 248 g/mol. The first kappa shape index (κ1) is 15.5. The molecule has 1 aromatic carbocycles. The van der Waals surface area contributed by atoms with Crippen LogP contribution in [0.4, 0.5) is 0 Å². The minimum atomic E-state index is -0.275. The number of piperazine rings is 1. The number of aliphatic hydroxyl groups excluding tert-OH is 1. The van der Waals surface area contributed by atoms with Gasteiger partial charge in [-0.2, -0.15) is 0 Å². The Labute approximate surface area is 123 Å². The quantitative estimate of drug-likeness (QED) is 0.864. The van der Waals surface area contributed by atoms with E-state index in [0.717, 1.165) is 26.2 Å². The molecule has 2 atom stereocenters. The van der Waals surface area contributed by atoms with Crippen molar-refractivity contribution < 1.29 is 5.11 Å². The summed E-state index contributed by atoms with van der Waals surface area (Å²) in [7, 11) is 0. The second-order valence-electron chi connectivity index (χ2n) is 5.92. The number of nitrogens with zero attached hydrogens (tertiary/aromatic N) is 2. The van der Waals surface area contributed by atoms with E-state index in [2.05, 4.69) is 47.1 Å². The Bertz CT molecular complexity index is 380. The van der Waals surface area contributed by atoms with Crippen molar-refractivity contribution in [3.05, 3.63) is 35.9 Å². The highest BCUT2D eigenvalue weighted by atomic mass is 16.3. The number of hydrogen-bond acceptors (Lipinski definition) is 3. The minimum Gasteiger partial charge on any atom is -0.392 e. The molecule has 0 saturated carbocycles. The van der Waals surface area contributed by atoms with Gasteiger partial charge in [-0.25, -0.2) is 0 Å². The summed E-state index contributed by atoms with van der Waals surface area (Å²) in [5, 5.41) is 10.1. The van der Waals surface area contributed by atoms with Gasteiger partial charge >= 0.3 is 0 Å². The zero-order valence-corrected chi connectivity index (χ0v) is 12.8. The molecule has 3 nitrogen and oxygen atoms in total. The van der Waals surface area contributed by atoms with E-state index < -0.39 is 0 Å². The molecule has 1 saturated heterocycles. The Morgan fingerprint density at radius 2 is 2.00 bits per heavy atom. The fraction of sp³-hybridized carbons (Fsp3) is 0.647. The van der Waals surface area contributed by atoms with Crippen molar-refractivity contribution in [2.24, 2.45) is 0 Å². The first-order chi connectivity index (χ1) is 9.70. The highest BCUT2D eigenvalue weighted by Gasteiger charge is 2.29. The van der Waals surface area contributed by atoms with Gasteiger partial charge in [-0.15, -0.1) is 0 Å². The molecule has 112 valence electrons. The van der Waals surface area contributed by atoms with Crippen molar-refractivity contribution in [2.75, 3.05) is 26.2 Å². The highest BCUT2D eigenvalue weighted by molar-refractivity contribution is 5.14. The summed E-state index contributed by atoms with van der Waals surface area (Å²) in [6, 6.07) is 10.8. The van der Waals surface area contributed by atoms with E-state index >= 15 is 0 Å². The lowest BCUT2D eigenvalue weighted by atomic mass is 10.0. The maximum Gasteiger partial charge on any atom is 0.0679 e. The van der Waals surface area contributed by atoms with Crippen LogP contribution in [-0.2, 0) is 6.54 Å². The Kier molecular flexibility index (Phi) is 6.02. The molecule has 1 aromatic rings. The van der Waals surface area contributed by atoms with E-state index in [-0.39, 0.29) is 12.1 Å². The van der Waals surface area contributed by atoms with Crippen LogP contribution >= 0.6 is 0 Å². The third-order valence-corrected chi connectivity index (χ3v) is 4.23. The molecule has 0 aromatic heterocycles. The molecule has 0 radical (unpaired) electrons. The van der Waals surface area contributed by atoms with Crippen molar-refractivity contribution in [2.45, 2.75) is 45.4 Å². The molecule has 1 fully saturated rings. The van der Waals surface area contributed by atoms with Gasteiger partial charge in [-0.05, 0) is 25.5 Å². The standard InChI is InChI=1S/C17H28N2O/c1-3-4-10-18-11-12-19(17(14-18)15(2)20)13-16-8-6-5-7-9-16/h5-9,15,17,20H,3-4,10-14H2,1-2H3/t15-,17-/m1/s1. The molecule has 2 rings (SSSR count). The third kappa shape index (κ3) is 4.30. The molecular formula is C17H28N2O. The van der Waals surface area contributed by atoms with Gasteiger partial charge in [0, 0.05) is 32.2 Å². The van der Waals surface area contributed by atoms with Gasteiger partial charge in [-0.3, -0.25) is 4.90 Å². The van der Waals surface area contributed by atoms with Crippen molar-refractivity contribution in [1.82, 2.24) is 9.80 Å². The Hall–Kier alpha value is -0.900. The summed E-state index contributed by atoms with van der Waals surface area (Å²) >= 11 is 0. The summed E-state index contributed by atoms with van der Waals surface area (Å²) in [5.74, 6) is 0. The average Bonchev–Trinajstić information content (AvgIpc) is 2.47. The maximum atomic E-state index is 10.1. The average molecular weight is 276 g/mol. The van der Waals surface area contributed by atoms with E-state index in [9.17, 15) is 5.11 Å². The van der Waals surface area contributed by atoms with Crippen molar-refractivity contribution >= 4 is 0 Å². The zero-order chi connectivity index (χ0) is 14.4. The van der Waals surface area contributed by atoms with Gasteiger partial charge in [0.15, 0.2) is 0 Å². The van der Waals surface area contributed by atoms with Gasteiger partial charge in [0.1, 0.15) is 0 Å². The van der Waals surface area contributed by atoms with E-state index in [4.69, 9.17) is 0 Å². The fourth-order valence-electron chi connectivity index (χ4n) is 2.96. The number of hydrogen-bond donors (Lipinski definition) is 1. The topological polar surface area (TPSA) is 26.7 Å². The molecule has 1 heterocycles. The van der Waals surface area contributed by atoms with Crippen LogP contribution in [0.1, 0.15) is 32.3 Å². The highest BCUT2D eigenvalue weighted by Crippen LogP contribution is 2.17. The van der Waals surface area contributed by atoms with Gasteiger partial charge in [0.05, 0.1) is 6.10 Å². The van der Waals surface area contributed by atoms with E-state index in [0.29, 0.717) is 0 Å². The fourth-order valence-corrected chi connectivity index (χ4v) is 2.96. The smallest absolute Gasteiger partial charge is 0.0679 e. The monoisotopic (exact) mass is 276 g/mol. The first-order valence-corrected chi connectivity index (χ1v) is 7.89. The number of rotatable bonds is 6. The summed E-state index contributed by atoms with van der Waals surface area (Å²) < 4.78 is 0. The third-order valence-electron chi connectivity index (χ3n) is 4.23. The lowest BCUT2D eigenvalue weighted by Crippen LogP contribution is -2.56. The van der Waals surface area contributed by atoms with Crippen LogP contribution < -0.4 is 0 Å². The van der Waals surface area contributed by atoms with Crippen molar-refractivity contribution in [3.8, 4) is 0 Å². The van der Waals surface area contributed by atoms with E-state index in [1.165, 1.54) is 24.9 Å². The first-order valence-electron chi connectivity index (χ1n) is 7.89. The predicted molar refractivity (Wildman–Crippen MR) is 83.7 cm³/mol. The predicted octanol–water partition coefficient (Wildman–Crippen LogP) is 2.35. The summed E-state index contributed by atoms with van der Waals surface area (Å²) in [6.45, 7) is 9.43. The molecule has 0 aliphatic carbocycles. The Morgan fingerprint density at radius 1 is 1.25 bits per heavy atom. The van der Waals surface area contributed by atoms with Crippen LogP contribution in [0.5, 0.6) is 0 Å². The number of aliphatic hydroxyl groups is 1. The number of unbranched alkanes of at least 4 members (excludes halogenated alkanes) is 1. The van der Waals surface area contributed by atoms with Crippen LogP contribution in [0.3, 0.4) is 0 Å². The summed E-state index contributed by atoms with van der Waals surface area (Å²) in [6.07, 6.45) is 2.22. The second-order valence-corrected chi connectivity index (χ2v) is 5.92. The molecule has 0 spiro atoms. The number of benzene rings is 1. The zero-order valence-electron chi connectivity index (χ0n) is 12.8. The van der Waals surface area contributed by atoms with Crippen LogP contribution in [0.2, 0.25) is 0 Å². The molecule has 1 aliphatic rings. The molecule has 0 amide bonds. The van der Waals surface area contributed by atoms with Crippen LogP contribution in [-0.4, -0.2) is 53.2 Å². The van der Waals surface area contributed by atoms with Gasteiger partial charge in [0.25, 0.3) is 0 Å². The van der Waals surface area contributed by atoms with E-state index in [1.807, 2.05) is 6.92 Å². The minimum absolute atomic E-state index is 0.251. The van der Waals surface area contributed by atoms with E-state index in [1.54, 1.807) is 0 Å². The molecule has 20 heavy (non-hydrogen) atoms.